The molecular weight excluding hydrogens is 198 g/mol. The molecule has 1 unspecified atom stereocenters. The van der Waals surface area contributed by atoms with Crippen LogP contribution in [0.3, 0.4) is 0 Å². The van der Waals surface area contributed by atoms with Crippen LogP contribution in [0.5, 0.6) is 0 Å². The lowest BCUT2D eigenvalue weighted by Gasteiger charge is -2.12. The molecule has 84 valence electrons. The van der Waals surface area contributed by atoms with Crippen LogP contribution in [0, 0.1) is 0 Å². The van der Waals surface area contributed by atoms with Gasteiger partial charge in [0, 0.05) is 12.2 Å². The van der Waals surface area contributed by atoms with Gasteiger partial charge in [0.25, 0.3) is 0 Å². The molecule has 0 saturated carbocycles. The van der Waals surface area contributed by atoms with E-state index in [1.165, 1.54) is 0 Å². The van der Waals surface area contributed by atoms with E-state index in [0.29, 0.717) is 0 Å². The summed E-state index contributed by atoms with van der Waals surface area (Å²) in [7, 11) is 0. The van der Waals surface area contributed by atoms with Crippen LogP contribution in [0.4, 0.5) is 5.69 Å². The van der Waals surface area contributed by atoms with Crippen LogP contribution in [0.15, 0.2) is 54.1 Å². The molecule has 16 heavy (non-hydrogen) atoms. The monoisotopic (exact) mass is 215 g/mol. The largest absolute Gasteiger partial charge is 0.389 e. The second-order valence-corrected chi connectivity index (χ2v) is 3.97. The normalized spacial score (nSPS) is 15.9. The predicted octanol–water partition coefficient (Wildman–Crippen LogP) is 2.74. The van der Waals surface area contributed by atoms with Gasteiger partial charge in [0.1, 0.15) is 0 Å². The number of hydrogen-bond donors (Lipinski definition) is 2. The fourth-order valence-corrected chi connectivity index (χ4v) is 1.81. The van der Waals surface area contributed by atoms with Crippen LogP contribution in [0.1, 0.15) is 12.8 Å². The summed E-state index contributed by atoms with van der Waals surface area (Å²) in [5.41, 5.74) is 2.23. The second kappa shape index (κ2) is 5.52. The van der Waals surface area contributed by atoms with Gasteiger partial charge in [0.2, 0.25) is 0 Å². The molecule has 2 N–H and O–H groups in total. The minimum atomic E-state index is -0.314. The first-order valence-corrected chi connectivity index (χ1v) is 5.69. The van der Waals surface area contributed by atoms with Gasteiger partial charge in [0.05, 0.1) is 6.10 Å². The number of anilines is 1. The third kappa shape index (κ3) is 2.97. The van der Waals surface area contributed by atoms with Gasteiger partial charge in [-0.2, -0.15) is 0 Å². The van der Waals surface area contributed by atoms with Gasteiger partial charge in [-0.3, -0.25) is 0 Å². The maximum Gasteiger partial charge on any atom is 0.0772 e. The second-order valence-electron chi connectivity index (χ2n) is 3.97. The Morgan fingerprint density at radius 1 is 1.25 bits per heavy atom. The minimum absolute atomic E-state index is 0.314. The zero-order valence-corrected chi connectivity index (χ0v) is 9.26. The number of nitrogens with one attached hydrogen (secondary N) is 1. The van der Waals surface area contributed by atoms with Crippen molar-refractivity contribution in [3.8, 4) is 0 Å². The van der Waals surface area contributed by atoms with Crippen LogP contribution >= 0.6 is 0 Å². The molecule has 0 aliphatic heterocycles. The van der Waals surface area contributed by atoms with E-state index in [0.717, 1.165) is 30.6 Å². The number of benzene rings is 1. The average molecular weight is 215 g/mol. The summed E-state index contributed by atoms with van der Waals surface area (Å²) < 4.78 is 0. The van der Waals surface area contributed by atoms with E-state index < -0.39 is 0 Å². The van der Waals surface area contributed by atoms with E-state index in [1.807, 2.05) is 42.5 Å². The molecule has 2 heteroatoms. The summed E-state index contributed by atoms with van der Waals surface area (Å²) in [6.45, 7) is 0.794. The standard InChI is InChI=1S/C14H17NO/c16-14(12-6-4-5-7-12)10-11-15-13-8-2-1-3-9-13/h1-6,8-9,14-16H,7,10-11H2. The van der Waals surface area contributed by atoms with Gasteiger partial charge in [-0.1, -0.05) is 36.4 Å². The molecular formula is C14H17NO. The van der Waals surface area contributed by atoms with Gasteiger partial charge in [-0.05, 0) is 30.5 Å². The summed E-state index contributed by atoms with van der Waals surface area (Å²) in [4.78, 5) is 0. The Morgan fingerprint density at radius 3 is 2.75 bits per heavy atom. The number of aliphatic hydroxyl groups is 1. The van der Waals surface area contributed by atoms with Crippen LogP contribution in [0.25, 0.3) is 0 Å². The fraction of sp³-hybridized carbons (Fsp3) is 0.286. The highest BCUT2D eigenvalue weighted by Crippen LogP contribution is 2.17. The first-order chi connectivity index (χ1) is 7.86. The first kappa shape index (κ1) is 11.0. The molecule has 1 aliphatic carbocycles. The van der Waals surface area contributed by atoms with Crippen LogP contribution in [-0.2, 0) is 0 Å². The van der Waals surface area contributed by atoms with Gasteiger partial charge >= 0.3 is 0 Å². The Labute approximate surface area is 96.3 Å². The summed E-state index contributed by atoms with van der Waals surface area (Å²) in [5.74, 6) is 0. The fourth-order valence-electron chi connectivity index (χ4n) is 1.81. The lowest BCUT2D eigenvalue weighted by Crippen LogP contribution is -2.15. The highest BCUT2D eigenvalue weighted by atomic mass is 16.3. The van der Waals surface area contributed by atoms with Crippen molar-refractivity contribution in [1.82, 2.24) is 0 Å². The van der Waals surface area contributed by atoms with E-state index in [1.54, 1.807) is 0 Å². The molecule has 0 heterocycles. The zero-order chi connectivity index (χ0) is 11.2. The van der Waals surface area contributed by atoms with Crippen molar-refractivity contribution in [2.75, 3.05) is 11.9 Å². The maximum absolute atomic E-state index is 9.88. The maximum atomic E-state index is 9.88. The van der Waals surface area contributed by atoms with E-state index in [-0.39, 0.29) is 6.10 Å². The number of para-hydroxylation sites is 1. The molecule has 1 aromatic rings. The number of rotatable bonds is 5. The molecule has 1 aromatic carbocycles. The van der Waals surface area contributed by atoms with E-state index in [2.05, 4.69) is 11.4 Å². The van der Waals surface area contributed by atoms with Gasteiger partial charge in [0.15, 0.2) is 0 Å². The van der Waals surface area contributed by atoms with Crippen LogP contribution < -0.4 is 5.32 Å². The highest BCUT2D eigenvalue weighted by molar-refractivity contribution is 5.42. The van der Waals surface area contributed by atoms with Crippen molar-refractivity contribution >= 4 is 5.69 Å². The molecule has 2 nitrogen and oxygen atoms in total. The summed E-state index contributed by atoms with van der Waals surface area (Å²) >= 11 is 0. The Balaban J connectivity index is 1.72. The topological polar surface area (TPSA) is 32.3 Å². The summed E-state index contributed by atoms with van der Waals surface area (Å²) in [6, 6.07) is 10.1. The molecule has 1 atom stereocenters. The number of hydrogen-bond acceptors (Lipinski definition) is 2. The molecule has 0 saturated heterocycles. The summed E-state index contributed by atoms with van der Waals surface area (Å²) in [5, 5.41) is 13.2. The van der Waals surface area contributed by atoms with Crippen molar-refractivity contribution < 1.29 is 5.11 Å². The molecule has 0 aromatic heterocycles. The Bertz CT molecular complexity index is 381. The van der Waals surface area contributed by atoms with Crippen LogP contribution in [-0.4, -0.2) is 17.8 Å². The smallest absolute Gasteiger partial charge is 0.0772 e. The molecule has 0 spiro atoms. The average Bonchev–Trinajstić information content (AvgIpc) is 2.84. The molecule has 2 rings (SSSR count). The number of allylic oxidation sites excluding steroid dienone is 3. The molecule has 0 fully saturated rings. The predicted molar refractivity (Wildman–Crippen MR) is 67.4 cm³/mol. The lowest BCUT2D eigenvalue weighted by atomic mass is 10.1. The molecule has 1 aliphatic rings. The van der Waals surface area contributed by atoms with E-state index in [9.17, 15) is 5.11 Å². The van der Waals surface area contributed by atoms with Crippen molar-refractivity contribution in [2.24, 2.45) is 0 Å². The third-order valence-electron chi connectivity index (χ3n) is 2.75. The lowest BCUT2D eigenvalue weighted by molar-refractivity contribution is 0.203. The zero-order valence-electron chi connectivity index (χ0n) is 9.26. The van der Waals surface area contributed by atoms with Crippen molar-refractivity contribution in [1.29, 1.82) is 0 Å². The Morgan fingerprint density at radius 2 is 2.06 bits per heavy atom. The van der Waals surface area contributed by atoms with Crippen molar-refractivity contribution in [3.05, 3.63) is 54.1 Å². The molecule has 0 bridgehead atoms. The number of aliphatic hydroxyl groups excluding tert-OH is 1. The van der Waals surface area contributed by atoms with Crippen molar-refractivity contribution in [3.63, 3.8) is 0 Å². The SMILES string of the molecule is OC(CCNc1ccccc1)C1=CC=CC1. The van der Waals surface area contributed by atoms with Gasteiger partial charge < -0.3 is 10.4 Å². The Kier molecular flexibility index (Phi) is 3.78. The van der Waals surface area contributed by atoms with E-state index in [4.69, 9.17) is 0 Å². The third-order valence-corrected chi connectivity index (χ3v) is 2.75. The first-order valence-electron chi connectivity index (χ1n) is 5.69. The van der Waals surface area contributed by atoms with Crippen LogP contribution in [0.2, 0.25) is 0 Å². The Hall–Kier alpha value is -1.54. The minimum Gasteiger partial charge on any atom is -0.389 e. The highest BCUT2D eigenvalue weighted by Gasteiger charge is 2.10. The van der Waals surface area contributed by atoms with Gasteiger partial charge in [-0.25, -0.2) is 0 Å². The quantitative estimate of drug-likeness (QED) is 0.791. The van der Waals surface area contributed by atoms with Gasteiger partial charge in [-0.15, -0.1) is 0 Å². The molecule has 0 amide bonds. The molecule has 0 radical (unpaired) electrons. The van der Waals surface area contributed by atoms with E-state index >= 15 is 0 Å². The summed E-state index contributed by atoms with van der Waals surface area (Å²) in [6.07, 6.45) is 7.42. The van der Waals surface area contributed by atoms with Crippen molar-refractivity contribution in [2.45, 2.75) is 18.9 Å².